The number of hydrogen-bond acceptors (Lipinski definition) is 6. The van der Waals surface area contributed by atoms with Crippen LogP contribution in [0.3, 0.4) is 0 Å². The molecule has 0 bridgehead atoms. The predicted octanol–water partition coefficient (Wildman–Crippen LogP) is 3.23. The van der Waals surface area contributed by atoms with Gasteiger partial charge >= 0.3 is 0 Å². The molecular formula is C15H15N3O2S3. The van der Waals surface area contributed by atoms with Gasteiger partial charge in [-0.15, -0.1) is 23.1 Å². The largest absolute Gasteiger partial charge is 0.242 e. The zero-order valence-electron chi connectivity index (χ0n) is 12.6. The van der Waals surface area contributed by atoms with Crippen molar-refractivity contribution in [2.45, 2.75) is 15.7 Å². The summed E-state index contributed by atoms with van der Waals surface area (Å²) in [6.45, 7) is 0. The SMILES string of the molecule is CN(C)S(=O)(=O)c1cccc(CSc2ncnc3ccsc23)c1. The monoisotopic (exact) mass is 365 g/mol. The summed E-state index contributed by atoms with van der Waals surface area (Å²) in [5, 5.41) is 2.92. The van der Waals surface area contributed by atoms with E-state index in [1.807, 2.05) is 17.5 Å². The van der Waals surface area contributed by atoms with Crippen molar-refractivity contribution in [3.8, 4) is 0 Å². The topological polar surface area (TPSA) is 63.2 Å². The Morgan fingerprint density at radius 1 is 1.22 bits per heavy atom. The third kappa shape index (κ3) is 3.40. The maximum absolute atomic E-state index is 12.2. The first-order valence-electron chi connectivity index (χ1n) is 6.81. The molecule has 0 fully saturated rings. The molecule has 0 atom stereocenters. The van der Waals surface area contributed by atoms with Gasteiger partial charge in [-0.05, 0) is 29.1 Å². The van der Waals surface area contributed by atoms with E-state index in [1.54, 1.807) is 47.6 Å². The smallest absolute Gasteiger partial charge is 0.235 e. The van der Waals surface area contributed by atoms with Crippen molar-refractivity contribution >= 4 is 43.3 Å². The summed E-state index contributed by atoms with van der Waals surface area (Å²) in [5.41, 5.74) is 1.89. The molecule has 0 spiro atoms. The summed E-state index contributed by atoms with van der Waals surface area (Å²) in [6.07, 6.45) is 1.56. The molecule has 0 unspecified atom stereocenters. The van der Waals surface area contributed by atoms with E-state index in [1.165, 1.54) is 18.4 Å². The van der Waals surface area contributed by atoms with Crippen molar-refractivity contribution in [1.82, 2.24) is 14.3 Å². The van der Waals surface area contributed by atoms with Crippen molar-refractivity contribution in [1.29, 1.82) is 0 Å². The van der Waals surface area contributed by atoms with Gasteiger partial charge in [0.25, 0.3) is 0 Å². The second-order valence-electron chi connectivity index (χ2n) is 5.04. The predicted molar refractivity (Wildman–Crippen MR) is 94.3 cm³/mol. The highest BCUT2D eigenvalue weighted by atomic mass is 32.2. The van der Waals surface area contributed by atoms with Crippen LogP contribution in [0, 0.1) is 0 Å². The molecule has 8 heteroatoms. The van der Waals surface area contributed by atoms with E-state index in [2.05, 4.69) is 9.97 Å². The van der Waals surface area contributed by atoms with Crippen LogP contribution < -0.4 is 0 Å². The molecule has 0 amide bonds. The quantitative estimate of drug-likeness (QED) is 0.513. The minimum atomic E-state index is -3.41. The highest BCUT2D eigenvalue weighted by Gasteiger charge is 2.17. The number of rotatable bonds is 5. The van der Waals surface area contributed by atoms with E-state index in [0.717, 1.165) is 20.8 Å². The molecule has 120 valence electrons. The van der Waals surface area contributed by atoms with Crippen LogP contribution in [-0.4, -0.2) is 36.8 Å². The molecule has 3 aromatic rings. The first-order valence-corrected chi connectivity index (χ1v) is 10.1. The average Bonchev–Trinajstić information content (AvgIpc) is 3.02. The van der Waals surface area contributed by atoms with E-state index in [0.29, 0.717) is 10.6 Å². The van der Waals surface area contributed by atoms with Crippen LogP contribution in [0.4, 0.5) is 0 Å². The van der Waals surface area contributed by atoms with Crippen LogP contribution in [0.25, 0.3) is 10.2 Å². The number of sulfonamides is 1. The zero-order valence-corrected chi connectivity index (χ0v) is 15.1. The molecule has 0 saturated heterocycles. The Bertz CT molecular complexity index is 936. The van der Waals surface area contributed by atoms with Gasteiger partial charge in [0.15, 0.2) is 0 Å². The van der Waals surface area contributed by atoms with Crippen LogP contribution in [0.5, 0.6) is 0 Å². The van der Waals surface area contributed by atoms with Gasteiger partial charge in [-0.25, -0.2) is 22.7 Å². The van der Waals surface area contributed by atoms with Gasteiger partial charge in [-0.1, -0.05) is 12.1 Å². The molecule has 0 aliphatic carbocycles. The highest BCUT2D eigenvalue weighted by molar-refractivity contribution is 7.98. The molecule has 5 nitrogen and oxygen atoms in total. The maximum Gasteiger partial charge on any atom is 0.242 e. The van der Waals surface area contributed by atoms with Gasteiger partial charge < -0.3 is 0 Å². The molecule has 2 heterocycles. The Morgan fingerprint density at radius 2 is 2.04 bits per heavy atom. The maximum atomic E-state index is 12.2. The Hall–Kier alpha value is -1.48. The Balaban J connectivity index is 1.83. The molecule has 0 aliphatic heterocycles. The molecule has 0 saturated carbocycles. The summed E-state index contributed by atoms with van der Waals surface area (Å²) in [7, 11) is -0.342. The van der Waals surface area contributed by atoms with Gasteiger partial charge in [0.1, 0.15) is 11.4 Å². The van der Waals surface area contributed by atoms with E-state index in [-0.39, 0.29) is 0 Å². The molecule has 2 aromatic heterocycles. The van der Waals surface area contributed by atoms with E-state index in [9.17, 15) is 8.42 Å². The van der Waals surface area contributed by atoms with E-state index >= 15 is 0 Å². The number of hydrogen-bond donors (Lipinski definition) is 0. The highest BCUT2D eigenvalue weighted by Crippen LogP contribution is 2.31. The van der Waals surface area contributed by atoms with Crippen molar-refractivity contribution in [3.63, 3.8) is 0 Å². The van der Waals surface area contributed by atoms with Crippen LogP contribution >= 0.6 is 23.1 Å². The first kappa shape index (κ1) is 16.4. The van der Waals surface area contributed by atoms with Crippen molar-refractivity contribution in [2.24, 2.45) is 0 Å². The number of nitrogens with zero attached hydrogens (tertiary/aromatic N) is 3. The van der Waals surface area contributed by atoms with Gasteiger partial charge in [0.2, 0.25) is 10.0 Å². The third-order valence-electron chi connectivity index (χ3n) is 3.26. The third-order valence-corrected chi connectivity index (χ3v) is 7.17. The number of benzene rings is 1. The van der Waals surface area contributed by atoms with Gasteiger partial charge in [0.05, 0.1) is 15.1 Å². The van der Waals surface area contributed by atoms with E-state index in [4.69, 9.17) is 0 Å². The van der Waals surface area contributed by atoms with Crippen molar-refractivity contribution in [2.75, 3.05) is 14.1 Å². The average molecular weight is 366 g/mol. The molecule has 0 N–H and O–H groups in total. The Labute approximate surface area is 143 Å². The standard InChI is InChI=1S/C15H15N3O2S3/c1-18(2)23(19,20)12-5-3-4-11(8-12)9-22-15-14-13(6-7-21-14)16-10-17-15/h3-8,10H,9H2,1-2H3. The Morgan fingerprint density at radius 3 is 2.83 bits per heavy atom. The van der Waals surface area contributed by atoms with Crippen LogP contribution in [0.2, 0.25) is 0 Å². The summed E-state index contributed by atoms with van der Waals surface area (Å²) in [6, 6.07) is 9.00. The number of fused-ring (bicyclic) bond motifs is 1. The number of thioether (sulfide) groups is 1. The lowest BCUT2D eigenvalue weighted by Crippen LogP contribution is -2.22. The van der Waals surface area contributed by atoms with Crippen LogP contribution in [0.15, 0.2) is 52.0 Å². The van der Waals surface area contributed by atoms with Crippen molar-refractivity contribution < 1.29 is 8.42 Å². The summed E-state index contributed by atoms with van der Waals surface area (Å²) < 4.78 is 26.7. The molecule has 0 radical (unpaired) electrons. The van der Waals surface area contributed by atoms with E-state index < -0.39 is 10.0 Å². The molecular weight excluding hydrogens is 350 g/mol. The summed E-state index contributed by atoms with van der Waals surface area (Å²) in [5.74, 6) is 0.654. The van der Waals surface area contributed by atoms with Gasteiger partial charge in [-0.3, -0.25) is 0 Å². The molecule has 3 rings (SSSR count). The lowest BCUT2D eigenvalue weighted by atomic mass is 10.2. The second kappa shape index (κ2) is 6.56. The Kier molecular flexibility index (Phi) is 4.67. The minimum absolute atomic E-state index is 0.310. The first-order chi connectivity index (χ1) is 11.0. The normalized spacial score (nSPS) is 12.1. The fourth-order valence-corrected chi connectivity index (χ4v) is 4.89. The molecule has 0 aliphatic rings. The number of thiophene rings is 1. The lowest BCUT2D eigenvalue weighted by Gasteiger charge is -2.12. The fraction of sp³-hybridized carbons (Fsp3) is 0.200. The molecule has 1 aromatic carbocycles. The van der Waals surface area contributed by atoms with Crippen molar-refractivity contribution in [3.05, 3.63) is 47.6 Å². The minimum Gasteiger partial charge on any atom is -0.235 e. The molecule has 23 heavy (non-hydrogen) atoms. The number of aromatic nitrogens is 2. The van der Waals surface area contributed by atoms with Crippen LogP contribution in [0.1, 0.15) is 5.56 Å². The van der Waals surface area contributed by atoms with Gasteiger partial charge in [-0.2, -0.15) is 0 Å². The lowest BCUT2D eigenvalue weighted by molar-refractivity contribution is 0.520. The fourth-order valence-electron chi connectivity index (χ4n) is 2.03. The van der Waals surface area contributed by atoms with Crippen LogP contribution in [-0.2, 0) is 15.8 Å². The summed E-state index contributed by atoms with van der Waals surface area (Å²) >= 11 is 3.20. The summed E-state index contributed by atoms with van der Waals surface area (Å²) in [4.78, 5) is 8.86. The van der Waals surface area contributed by atoms with Gasteiger partial charge in [0, 0.05) is 19.8 Å². The second-order valence-corrected chi connectivity index (χ2v) is 9.07. The zero-order chi connectivity index (χ0) is 16.4.